The first-order chi connectivity index (χ1) is 8.19. The predicted molar refractivity (Wildman–Crippen MR) is 70.5 cm³/mol. The second-order valence-corrected chi connectivity index (χ2v) is 6.45. The number of unbranched alkanes of at least 4 members (excludes halogenated alkanes) is 1. The molecule has 0 aromatic heterocycles. The van der Waals surface area contributed by atoms with E-state index >= 15 is 0 Å². The maximum absolute atomic E-state index is 12.0. The molecule has 0 aromatic carbocycles. The van der Waals surface area contributed by atoms with Crippen LogP contribution in [-0.4, -0.2) is 42.9 Å². The van der Waals surface area contributed by atoms with Gasteiger partial charge < -0.3 is 5.11 Å². The van der Waals surface area contributed by atoms with Crippen molar-refractivity contribution in [2.75, 3.05) is 13.6 Å². The molecule has 2 N–H and O–H groups in total. The van der Waals surface area contributed by atoms with Gasteiger partial charge in [0, 0.05) is 13.6 Å². The normalized spacial score (nSPS) is 15.6. The Morgan fingerprint density at radius 2 is 1.89 bits per heavy atom. The number of carboxylic acid groups (broad SMARTS) is 1. The van der Waals surface area contributed by atoms with E-state index in [1.165, 1.54) is 14.0 Å². The first-order valence-electron chi connectivity index (χ1n) is 6.18. The van der Waals surface area contributed by atoms with E-state index in [1.807, 2.05) is 13.8 Å². The van der Waals surface area contributed by atoms with Gasteiger partial charge in [-0.3, -0.25) is 4.79 Å². The highest BCUT2D eigenvalue weighted by atomic mass is 32.2. The van der Waals surface area contributed by atoms with Crippen molar-refractivity contribution in [2.24, 2.45) is 0 Å². The number of nitrogens with one attached hydrogen (secondary N) is 1. The smallest absolute Gasteiger partial charge is 0.324 e. The Bertz CT molecular complexity index is 369. The lowest BCUT2D eigenvalue weighted by Gasteiger charge is -2.28. The number of hydrogen-bond donors (Lipinski definition) is 2. The van der Waals surface area contributed by atoms with Gasteiger partial charge in [0.2, 0.25) is 0 Å². The van der Waals surface area contributed by atoms with E-state index < -0.39 is 21.7 Å². The minimum atomic E-state index is -3.75. The van der Waals surface area contributed by atoms with Gasteiger partial charge in [-0.25, -0.2) is 0 Å². The summed E-state index contributed by atoms with van der Waals surface area (Å²) in [5.74, 6) is -1.16. The van der Waals surface area contributed by atoms with Crippen LogP contribution < -0.4 is 4.72 Å². The lowest BCUT2D eigenvalue weighted by atomic mass is 9.98. The van der Waals surface area contributed by atoms with E-state index in [0.29, 0.717) is 13.0 Å². The third-order valence-electron chi connectivity index (χ3n) is 2.81. The van der Waals surface area contributed by atoms with Crippen molar-refractivity contribution >= 4 is 16.2 Å². The zero-order chi connectivity index (χ0) is 14.4. The molecule has 0 aliphatic rings. The molecule has 0 spiro atoms. The molecule has 0 amide bonds. The monoisotopic (exact) mass is 280 g/mol. The van der Waals surface area contributed by atoms with E-state index in [4.69, 9.17) is 5.11 Å². The molecular weight excluding hydrogens is 256 g/mol. The number of carboxylic acids is 1. The van der Waals surface area contributed by atoms with Crippen LogP contribution in [0.4, 0.5) is 0 Å². The van der Waals surface area contributed by atoms with Crippen molar-refractivity contribution in [3.8, 4) is 0 Å². The summed E-state index contributed by atoms with van der Waals surface area (Å²) in [6.45, 7) is 5.56. The maximum Gasteiger partial charge on any atom is 0.324 e. The van der Waals surface area contributed by atoms with Crippen molar-refractivity contribution in [1.82, 2.24) is 9.03 Å². The first-order valence-corrected chi connectivity index (χ1v) is 7.62. The summed E-state index contributed by atoms with van der Waals surface area (Å²) in [6.07, 6.45) is 2.47. The van der Waals surface area contributed by atoms with Gasteiger partial charge >= 0.3 is 5.97 Å². The summed E-state index contributed by atoms with van der Waals surface area (Å²) in [5, 5.41) is 9.14. The molecule has 0 bridgehead atoms. The van der Waals surface area contributed by atoms with Crippen LogP contribution in [0.25, 0.3) is 0 Å². The molecule has 0 radical (unpaired) electrons. The maximum atomic E-state index is 12.0. The van der Waals surface area contributed by atoms with Crippen LogP contribution in [-0.2, 0) is 15.0 Å². The van der Waals surface area contributed by atoms with Crippen LogP contribution in [0.3, 0.4) is 0 Å². The average molecular weight is 280 g/mol. The minimum Gasteiger partial charge on any atom is -0.480 e. The molecule has 0 saturated heterocycles. The van der Waals surface area contributed by atoms with Crippen LogP contribution >= 0.6 is 0 Å². The van der Waals surface area contributed by atoms with Crippen LogP contribution in [0.15, 0.2) is 0 Å². The van der Waals surface area contributed by atoms with Gasteiger partial charge in [-0.15, -0.1) is 0 Å². The molecule has 0 saturated carbocycles. The molecule has 0 aromatic rings. The number of nitrogens with zero attached hydrogens (tertiary/aromatic N) is 1. The van der Waals surface area contributed by atoms with Crippen molar-refractivity contribution in [2.45, 2.75) is 52.0 Å². The predicted octanol–water partition coefficient (Wildman–Crippen LogP) is 1.20. The summed E-state index contributed by atoms with van der Waals surface area (Å²) >= 11 is 0. The van der Waals surface area contributed by atoms with Crippen LogP contribution in [0.2, 0.25) is 0 Å². The van der Waals surface area contributed by atoms with Gasteiger partial charge in [0.05, 0.1) is 0 Å². The Labute approximate surface area is 110 Å². The standard InChI is InChI=1S/C11H24N2O4S/c1-5-7-9-13(4)18(16,17)12-11(3,8-6-2)10(14)15/h12H,5-9H2,1-4H3,(H,14,15). The molecule has 0 fully saturated rings. The number of aliphatic carboxylic acids is 1. The Hall–Kier alpha value is -0.660. The zero-order valence-electron chi connectivity index (χ0n) is 11.6. The SMILES string of the molecule is CCCCN(C)S(=O)(=O)NC(C)(CCC)C(=O)O. The van der Waals surface area contributed by atoms with E-state index in [-0.39, 0.29) is 6.42 Å². The number of carbonyl (C=O) groups is 1. The highest BCUT2D eigenvalue weighted by molar-refractivity contribution is 7.87. The molecule has 18 heavy (non-hydrogen) atoms. The highest BCUT2D eigenvalue weighted by Crippen LogP contribution is 2.15. The lowest BCUT2D eigenvalue weighted by molar-refractivity contribution is -0.143. The van der Waals surface area contributed by atoms with Gasteiger partial charge in [-0.2, -0.15) is 17.4 Å². The van der Waals surface area contributed by atoms with Crippen molar-refractivity contribution < 1.29 is 18.3 Å². The Morgan fingerprint density at radius 3 is 2.28 bits per heavy atom. The van der Waals surface area contributed by atoms with E-state index in [2.05, 4.69) is 4.72 Å². The summed E-state index contributed by atoms with van der Waals surface area (Å²) in [4.78, 5) is 11.2. The molecule has 0 rings (SSSR count). The van der Waals surface area contributed by atoms with Crippen LogP contribution in [0.5, 0.6) is 0 Å². The molecule has 1 atom stereocenters. The average Bonchev–Trinajstić information content (AvgIpc) is 2.25. The molecule has 0 aliphatic heterocycles. The van der Waals surface area contributed by atoms with Crippen molar-refractivity contribution in [1.29, 1.82) is 0 Å². The van der Waals surface area contributed by atoms with E-state index in [1.54, 1.807) is 0 Å². The fourth-order valence-corrected chi connectivity index (χ4v) is 2.85. The Kier molecular flexibility index (Phi) is 6.80. The quantitative estimate of drug-likeness (QED) is 0.664. The fraction of sp³-hybridized carbons (Fsp3) is 0.909. The molecule has 0 aliphatic carbocycles. The van der Waals surface area contributed by atoms with Gasteiger partial charge in [0.25, 0.3) is 10.2 Å². The largest absolute Gasteiger partial charge is 0.480 e. The van der Waals surface area contributed by atoms with Gasteiger partial charge in [0.15, 0.2) is 0 Å². The Balaban J connectivity index is 4.86. The second-order valence-electron chi connectivity index (χ2n) is 4.67. The lowest BCUT2D eigenvalue weighted by Crippen LogP contribution is -2.55. The molecule has 6 nitrogen and oxygen atoms in total. The highest BCUT2D eigenvalue weighted by Gasteiger charge is 2.37. The number of rotatable bonds is 9. The van der Waals surface area contributed by atoms with E-state index in [0.717, 1.165) is 17.1 Å². The molecule has 108 valence electrons. The molecule has 1 unspecified atom stereocenters. The van der Waals surface area contributed by atoms with Crippen molar-refractivity contribution in [3.05, 3.63) is 0 Å². The third kappa shape index (κ3) is 4.91. The van der Waals surface area contributed by atoms with Gasteiger partial charge in [-0.1, -0.05) is 26.7 Å². The topological polar surface area (TPSA) is 86.7 Å². The zero-order valence-corrected chi connectivity index (χ0v) is 12.4. The van der Waals surface area contributed by atoms with Crippen LogP contribution in [0, 0.1) is 0 Å². The van der Waals surface area contributed by atoms with Gasteiger partial charge in [-0.05, 0) is 19.8 Å². The minimum absolute atomic E-state index is 0.253. The van der Waals surface area contributed by atoms with Crippen molar-refractivity contribution in [3.63, 3.8) is 0 Å². The van der Waals surface area contributed by atoms with Gasteiger partial charge in [0.1, 0.15) is 5.54 Å². The summed E-state index contributed by atoms with van der Waals surface area (Å²) in [5.41, 5.74) is -1.45. The fourth-order valence-electron chi connectivity index (χ4n) is 1.57. The Morgan fingerprint density at radius 1 is 1.33 bits per heavy atom. The molecule has 0 heterocycles. The third-order valence-corrected chi connectivity index (χ3v) is 4.52. The summed E-state index contributed by atoms with van der Waals surface area (Å²) in [7, 11) is -2.30. The molecular formula is C11H24N2O4S. The molecule has 7 heteroatoms. The number of hydrogen-bond acceptors (Lipinski definition) is 3. The second kappa shape index (κ2) is 7.06. The summed E-state index contributed by atoms with van der Waals surface area (Å²) < 4.78 is 27.4. The van der Waals surface area contributed by atoms with E-state index in [9.17, 15) is 13.2 Å². The van der Waals surface area contributed by atoms with Crippen LogP contribution in [0.1, 0.15) is 46.5 Å². The summed E-state index contributed by atoms with van der Waals surface area (Å²) in [6, 6.07) is 0. The first kappa shape index (κ1) is 17.3.